The van der Waals surface area contributed by atoms with Gasteiger partial charge in [0.2, 0.25) is 15.9 Å². The van der Waals surface area contributed by atoms with Crippen LogP contribution in [-0.2, 0) is 14.8 Å². The number of piperazine rings is 1. The van der Waals surface area contributed by atoms with E-state index in [1.54, 1.807) is 18.3 Å². The molecule has 0 unspecified atom stereocenters. The predicted octanol–water partition coefficient (Wildman–Crippen LogP) is 3.57. The lowest BCUT2D eigenvalue weighted by Crippen LogP contribution is -2.49. The van der Waals surface area contributed by atoms with Crippen molar-refractivity contribution in [2.24, 2.45) is 0 Å². The molecule has 1 aliphatic heterocycles. The standard InChI is InChI=1S/C26H27N5O3S/c32-25(29-23-11-5-4-9-21(23)20-7-2-1-3-8-20)12-14-30-15-17-31(18-16-30)35(33,34)24-19-28-26-22(24)10-6-13-27-26/h1-11,13,19H,12,14-18H2,(H,27,28)(H,29,32). The Labute approximate surface area is 204 Å². The van der Waals surface area contributed by atoms with Gasteiger partial charge in [0.05, 0.1) is 0 Å². The molecular formula is C26H27N5O3S. The first-order valence-corrected chi connectivity index (χ1v) is 13.1. The molecule has 2 N–H and O–H groups in total. The van der Waals surface area contributed by atoms with Crippen molar-refractivity contribution in [2.45, 2.75) is 11.3 Å². The van der Waals surface area contributed by atoms with Gasteiger partial charge in [-0.15, -0.1) is 0 Å². The quantitative estimate of drug-likeness (QED) is 0.414. The van der Waals surface area contributed by atoms with Crippen LogP contribution in [0.1, 0.15) is 6.42 Å². The van der Waals surface area contributed by atoms with Gasteiger partial charge in [-0.25, -0.2) is 13.4 Å². The smallest absolute Gasteiger partial charge is 0.245 e. The summed E-state index contributed by atoms with van der Waals surface area (Å²) >= 11 is 0. The first-order valence-electron chi connectivity index (χ1n) is 11.6. The molecule has 0 atom stereocenters. The van der Waals surface area contributed by atoms with Gasteiger partial charge in [-0.1, -0.05) is 48.5 Å². The summed E-state index contributed by atoms with van der Waals surface area (Å²) in [6.45, 7) is 2.49. The molecule has 9 heteroatoms. The highest BCUT2D eigenvalue weighted by molar-refractivity contribution is 7.89. The van der Waals surface area contributed by atoms with Crippen molar-refractivity contribution in [1.82, 2.24) is 19.2 Å². The number of pyridine rings is 1. The number of carbonyl (C=O) groups excluding carboxylic acids is 1. The lowest BCUT2D eigenvalue weighted by atomic mass is 10.0. The van der Waals surface area contributed by atoms with Gasteiger partial charge in [0.25, 0.3) is 0 Å². The Morgan fingerprint density at radius 2 is 1.69 bits per heavy atom. The van der Waals surface area contributed by atoms with Crippen LogP contribution in [0.5, 0.6) is 0 Å². The van der Waals surface area contributed by atoms with Crippen molar-refractivity contribution < 1.29 is 13.2 Å². The summed E-state index contributed by atoms with van der Waals surface area (Å²) in [6.07, 6.45) is 3.48. The minimum absolute atomic E-state index is 0.0604. The molecule has 1 aliphatic rings. The third-order valence-electron chi connectivity index (χ3n) is 6.30. The predicted molar refractivity (Wildman–Crippen MR) is 136 cm³/mol. The maximum atomic E-state index is 13.2. The number of para-hydroxylation sites is 1. The maximum absolute atomic E-state index is 13.2. The second-order valence-corrected chi connectivity index (χ2v) is 10.4. The molecule has 1 fully saturated rings. The number of anilines is 1. The van der Waals surface area contributed by atoms with E-state index in [-0.39, 0.29) is 10.8 Å². The van der Waals surface area contributed by atoms with E-state index in [9.17, 15) is 13.2 Å². The molecule has 8 nitrogen and oxygen atoms in total. The van der Waals surface area contributed by atoms with Crippen LogP contribution in [0.2, 0.25) is 0 Å². The first kappa shape index (κ1) is 23.2. The van der Waals surface area contributed by atoms with E-state index in [2.05, 4.69) is 20.2 Å². The number of aromatic amines is 1. The van der Waals surface area contributed by atoms with Gasteiger partial charge in [0.1, 0.15) is 10.5 Å². The van der Waals surface area contributed by atoms with E-state index >= 15 is 0 Å². The minimum Gasteiger partial charge on any atom is -0.345 e. The van der Waals surface area contributed by atoms with Gasteiger partial charge in [-0.3, -0.25) is 4.79 Å². The maximum Gasteiger partial charge on any atom is 0.245 e. The fourth-order valence-corrected chi connectivity index (χ4v) is 5.98. The average Bonchev–Trinajstić information content (AvgIpc) is 3.34. The highest BCUT2D eigenvalue weighted by Gasteiger charge is 2.30. The van der Waals surface area contributed by atoms with Crippen LogP contribution in [0.4, 0.5) is 5.69 Å². The largest absolute Gasteiger partial charge is 0.345 e. The van der Waals surface area contributed by atoms with E-state index in [1.807, 2.05) is 54.6 Å². The molecule has 0 bridgehead atoms. The number of nitrogens with one attached hydrogen (secondary N) is 2. The fourth-order valence-electron chi connectivity index (χ4n) is 4.41. The highest BCUT2D eigenvalue weighted by atomic mass is 32.2. The van der Waals surface area contributed by atoms with Gasteiger partial charge >= 0.3 is 0 Å². The van der Waals surface area contributed by atoms with Gasteiger partial charge in [0.15, 0.2) is 0 Å². The van der Waals surface area contributed by atoms with Crippen molar-refractivity contribution in [2.75, 3.05) is 38.0 Å². The number of hydrogen-bond donors (Lipinski definition) is 2. The number of aromatic nitrogens is 2. The Hall–Kier alpha value is -3.53. The number of carbonyl (C=O) groups is 1. The van der Waals surface area contributed by atoms with E-state index in [0.29, 0.717) is 50.2 Å². The molecule has 1 amide bonds. The summed E-state index contributed by atoms with van der Waals surface area (Å²) in [5.74, 6) is -0.0604. The molecule has 0 aliphatic carbocycles. The summed E-state index contributed by atoms with van der Waals surface area (Å²) < 4.78 is 27.9. The van der Waals surface area contributed by atoms with Gasteiger partial charge in [0, 0.05) is 68.2 Å². The topological polar surface area (TPSA) is 98.4 Å². The molecule has 4 aromatic rings. The summed E-state index contributed by atoms with van der Waals surface area (Å²) in [4.78, 5) is 22.2. The van der Waals surface area contributed by atoms with E-state index in [0.717, 1.165) is 16.8 Å². The lowest BCUT2D eigenvalue weighted by molar-refractivity contribution is -0.116. The number of benzene rings is 2. The third kappa shape index (κ3) is 4.97. The van der Waals surface area contributed by atoms with Crippen LogP contribution >= 0.6 is 0 Å². The van der Waals surface area contributed by atoms with Crippen molar-refractivity contribution in [1.29, 1.82) is 0 Å². The van der Waals surface area contributed by atoms with Crippen molar-refractivity contribution in [3.05, 3.63) is 79.1 Å². The van der Waals surface area contributed by atoms with Crippen LogP contribution in [0.15, 0.2) is 84.0 Å². The molecule has 2 aromatic carbocycles. The van der Waals surface area contributed by atoms with Crippen molar-refractivity contribution >= 4 is 32.7 Å². The van der Waals surface area contributed by atoms with Gasteiger partial charge in [-0.2, -0.15) is 4.31 Å². The highest BCUT2D eigenvalue weighted by Crippen LogP contribution is 2.28. The second-order valence-electron chi connectivity index (χ2n) is 8.51. The number of nitrogens with zero attached hydrogens (tertiary/aromatic N) is 3. The van der Waals surface area contributed by atoms with Crippen molar-refractivity contribution in [3.63, 3.8) is 0 Å². The summed E-state index contributed by atoms with van der Waals surface area (Å²) in [5, 5.41) is 3.64. The SMILES string of the molecule is O=C(CCN1CCN(S(=O)(=O)c2c[nH]c3ncccc23)CC1)Nc1ccccc1-c1ccccc1. The number of H-pyrrole nitrogens is 1. The number of sulfonamides is 1. The zero-order chi connectivity index (χ0) is 24.3. The Balaban J connectivity index is 1.16. The molecule has 0 spiro atoms. The zero-order valence-electron chi connectivity index (χ0n) is 19.2. The van der Waals surface area contributed by atoms with Crippen LogP contribution < -0.4 is 5.32 Å². The summed E-state index contributed by atoms with van der Waals surface area (Å²) in [6, 6.07) is 21.2. The number of rotatable bonds is 7. The minimum atomic E-state index is -3.62. The van der Waals surface area contributed by atoms with Crippen LogP contribution in [0.3, 0.4) is 0 Å². The summed E-state index contributed by atoms with van der Waals surface area (Å²) in [5.41, 5.74) is 3.37. The normalized spacial score (nSPS) is 15.3. The van der Waals surface area contributed by atoms with E-state index < -0.39 is 10.0 Å². The van der Waals surface area contributed by atoms with Crippen LogP contribution in [-0.4, -0.2) is 66.2 Å². The zero-order valence-corrected chi connectivity index (χ0v) is 20.0. The molecular weight excluding hydrogens is 462 g/mol. The Morgan fingerprint density at radius 1 is 0.943 bits per heavy atom. The van der Waals surface area contributed by atoms with Gasteiger partial charge < -0.3 is 15.2 Å². The molecule has 5 rings (SSSR count). The van der Waals surface area contributed by atoms with Crippen molar-refractivity contribution in [3.8, 4) is 11.1 Å². The molecule has 3 heterocycles. The Kier molecular flexibility index (Phi) is 6.63. The molecule has 35 heavy (non-hydrogen) atoms. The number of hydrogen-bond acceptors (Lipinski definition) is 5. The van der Waals surface area contributed by atoms with Crippen LogP contribution in [0.25, 0.3) is 22.2 Å². The number of fused-ring (bicyclic) bond motifs is 1. The second kappa shape index (κ2) is 9.99. The van der Waals surface area contributed by atoms with E-state index in [1.165, 1.54) is 10.5 Å². The number of amides is 1. The third-order valence-corrected chi connectivity index (χ3v) is 8.24. The molecule has 1 saturated heterocycles. The lowest BCUT2D eigenvalue weighted by Gasteiger charge is -2.33. The van der Waals surface area contributed by atoms with Crippen LogP contribution in [0, 0.1) is 0 Å². The Morgan fingerprint density at radius 3 is 2.49 bits per heavy atom. The molecule has 2 aromatic heterocycles. The molecule has 180 valence electrons. The van der Waals surface area contributed by atoms with E-state index in [4.69, 9.17) is 0 Å². The molecule has 0 radical (unpaired) electrons. The average molecular weight is 490 g/mol. The van der Waals surface area contributed by atoms with Gasteiger partial charge in [-0.05, 0) is 23.8 Å². The Bertz CT molecular complexity index is 1430. The summed E-state index contributed by atoms with van der Waals surface area (Å²) in [7, 11) is -3.62. The first-order chi connectivity index (χ1) is 17.0. The monoisotopic (exact) mass is 489 g/mol. The fraction of sp³-hybridized carbons (Fsp3) is 0.231. The molecule has 0 saturated carbocycles.